The number of allylic oxidation sites excluding steroid dienone is 1. The van der Waals surface area contributed by atoms with Crippen LogP contribution in [0.25, 0.3) is 0 Å². The smallest absolute Gasteiger partial charge is 0.0376 e. The molecule has 1 heteroatoms. The maximum atomic E-state index is 3.18. The molecule has 1 unspecified atom stereocenters. The van der Waals surface area contributed by atoms with Crippen molar-refractivity contribution in [2.24, 2.45) is 0 Å². The molecule has 0 spiro atoms. The van der Waals surface area contributed by atoms with Crippen molar-refractivity contribution >= 4 is 0 Å². The van der Waals surface area contributed by atoms with Gasteiger partial charge in [-0.25, -0.2) is 0 Å². The molecule has 1 rings (SSSR count). The van der Waals surface area contributed by atoms with E-state index in [1.54, 1.807) is 0 Å². The minimum atomic E-state index is 0.722. The lowest BCUT2D eigenvalue weighted by Gasteiger charge is -1.74. The third-order valence-corrected chi connectivity index (χ3v) is 1.04. The van der Waals surface area contributed by atoms with Crippen molar-refractivity contribution in [1.82, 2.24) is 5.32 Å². The van der Waals surface area contributed by atoms with Crippen LogP contribution in [0, 0.1) is 0 Å². The predicted molar refractivity (Wildman–Crippen MR) is 31.2 cm³/mol. The van der Waals surface area contributed by atoms with E-state index in [4.69, 9.17) is 0 Å². The highest BCUT2D eigenvalue weighted by Crippen LogP contribution is 1.97. The summed E-state index contributed by atoms with van der Waals surface area (Å²) in [5.41, 5.74) is 0. The fourth-order valence-electron chi connectivity index (χ4n) is 0.504. The second kappa shape index (κ2) is 2.12. The van der Waals surface area contributed by atoms with Gasteiger partial charge < -0.3 is 5.32 Å². The molecule has 1 nitrogen and oxygen atoms in total. The molecule has 1 saturated heterocycles. The van der Waals surface area contributed by atoms with Crippen molar-refractivity contribution in [2.75, 3.05) is 6.54 Å². The molecular weight excluding hydrogens is 86.1 g/mol. The van der Waals surface area contributed by atoms with E-state index in [2.05, 4.69) is 24.4 Å². The van der Waals surface area contributed by atoms with Gasteiger partial charge in [0, 0.05) is 12.6 Å². The fourth-order valence-corrected chi connectivity index (χ4v) is 0.504. The van der Waals surface area contributed by atoms with Gasteiger partial charge in [0.2, 0.25) is 0 Å². The van der Waals surface area contributed by atoms with Crippen LogP contribution in [0.15, 0.2) is 12.2 Å². The van der Waals surface area contributed by atoms with Crippen LogP contribution in [-0.4, -0.2) is 12.6 Å². The van der Waals surface area contributed by atoms with E-state index in [-0.39, 0.29) is 0 Å². The Hall–Kier alpha value is -0.300. The van der Waals surface area contributed by atoms with Gasteiger partial charge in [0.1, 0.15) is 0 Å². The number of nitrogens with one attached hydrogen (secondary N) is 1. The van der Waals surface area contributed by atoms with Gasteiger partial charge in [0.05, 0.1) is 0 Å². The third-order valence-electron chi connectivity index (χ3n) is 1.04. The van der Waals surface area contributed by atoms with Gasteiger partial charge in [0.25, 0.3) is 0 Å². The van der Waals surface area contributed by atoms with Crippen molar-refractivity contribution in [3.63, 3.8) is 0 Å². The van der Waals surface area contributed by atoms with E-state index in [1.807, 2.05) is 0 Å². The zero-order valence-electron chi connectivity index (χ0n) is 4.65. The summed E-state index contributed by atoms with van der Waals surface area (Å²) in [6.07, 6.45) is 5.59. The molecule has 1 heterocycles. The molecule has 0 saturated carbocycles. The van der Waals surface area contributed by atoms with Crippen LogP contribution >= 0.6 is 0 Å². The summed E-state index contributed by atoms with van der Waals surface area (Å²) in [6.45, 7) is 3.34. The molecule has 0 aromatic heterocycles. The average molecular weight is 97.2 g/mol. The highest BCUT2D eigenvalue weighted by Gasteiger charge is 2.14. The third kappa shape index (κ3) is 1.74. The second-order valence-corrected chi connectivity index (χ2v) is 1.85. The summed E-state index contributed by atoms with van der Waals surface area (Å²) < 4.78 is 0. The van der Waals surface area contributed by atoms with Crippen LogP contribution in [0.5, 0.6) is 0 Å². The van der Waals surface area contributed by atoms with Crippen LogP contribution in [0.3, 0.4) is 0 Å². The normalized spacial score (nSPS) is 29.0. The zero-order valence-corrected chi connectivity index (χ0v) is 4.65. The van der Waals surface area contributed by atoms with Crippen molar-refractivity contribution in [1.29, 1.82) is 0 Å². The fraction of sp³-hybridized carbons (Fsp3) is 0.667. The molecular formula is C6H11N. The number of hydrogen-bond donors (Lipinski definition) is 1. The molecule has 0 amide bonds. The second-order valence-electron chi connectivity index (χ2n) is 1.85. The summed E-state index contributed by atoms with van der Waals surface area (Å²) in [4.78, 5) is 0. The SMILES string of the molecule is CCC=CC1CN1. The van der Waals surface area contributed by atoms with Crippen LogP contribution < -0.4 is 5.32 Å². The monoisotopic (exact) mass is 97.1 g/mol. The first kappa shape index (κ1) is 4.85. The lowest BCUT2D eigenvalue weighted by molar-refractivity contribution is 1.15. The maximum absolute atomic E-state index is 3.18. The summed E-state index contributed by atoms with van der Waals surface area (Å²) in [5, 5.41) is 3.18. The first-order chi connectivity index (χ1) is 3.43. The highest BCUT2D eigenvalue weighted by molar-refractivity contribution is 5.02. The summed E-state index contributed by atoms with van der Waals surface area (Å²) in [6, 6.07) is 0.722. The van der Waals surface area contributed by atoms with E-state index in [0.717, 1.165) is 12.5 Å². The van der Waals surface area contributed by atoms with Gasteiger partial charge in [-0.05, 0) is 6.42 Å². The topological polar surface area (TPSA) is 21.9 Å². The Morgan fingerprint density at radius 2 is 2.57 bits per heavy atom. The zero-order chi connectivity index (χ0) is 5.11. The van der Waals surface area contributed by atoms with Gasteiger partial charge >= 0.3 is 0 Å². The summed E-state index contributed by atoms with van der Waals surface area (Å²) in [5.74, 6) is 0. The van der Waals surface area contributed by atoms with Crippen LogP contribution in [0.1, 0.15) is 13.3 Å². The molecule has 1 atom stereocenters. The quantitative estimate of drug-likeness (QED) is 0.401. The van der Waals surface area contributed by atoms with Crippen molar-refractivity contribution in [3.05, 3.63) is 12.2 Å². The van der Waals surface area contributed by atoms with Crippen LogP contribution in [-0.2, 0) is 0 Å². The standard InChI is InChI=1S/C6H11N/c1-2-3-4-6-5-7-6/h3-4,6-7H,2,5H2,1H3. The van der Waals surface area contributed by atoms with Crippen LogP contribution in [0.4, 0.5) is 0 Å². The predicted octanol–water partition coefficient (Wildman–Crippen LogP) is 0.924. The van der Waals surface area contributed by atoms with E-state index < -0.39 is 0 Å². The molecule has 1 N–H and O–H groups in total. The number of rotatable bonds is 2. The largest absolute Gasteiger partial charge is 0.307 e. The van der Waals surface area contributed by atoms with Crippen molar-refractivity contribution in [3.8, 4) is 0 Å². The van der Waals surface area contributed by atoms with Gasteiger partial charge in [-0.1, -0.05) is 19.1 Å². The average Bonchev–Trinajstić information content (AvgIpc) is 2.42. The lowest BCUT2D eigenvalue weighted by atomic mass is 10.3. The minimum absolute atomic E-state index is 0.722. The molecule has 0 aromatic carbocycles. The first-order valence-corrected chi connectivity index (χ1v) is 2.83. The van der Waals surface area contributed by atoms with Crippen molar-refractivity contribution in [2.45, 2.75) is 19.4 Å². The summed E-state index contributed by atoms with van der Waals surface area (Å²) >= 11 is 0. The van der Waals surface area contributed by atoms with E-state index in [9.17, 15) is 0 Å². The van der Waals surface area contributed by atoms with Gasteiger partial charge in [-0.3, -0.25) is 0 Å². The Kier molecular flexibility index (Phi) is 1.47. The van der Waals surface area contributed by atoms with E-state index >= 15 is 0 Å². The highest BCUT2D eigenvalue weighted by atomic mass is 15.1. The van der Waals surface area contributed by atoms with Gasteiger partial charge in [-0.2, -0.15) is 0 Å². The van der Waals surface area contributed by atoms with Gasteiger partial charge in [0.15, 0.2) is 0 Å². The molecule has 0 radical (unpaired) electrons. The van der Waals surface area contributed by atoms with Crippen molar-refractivity contribution < 1.29 is 0 Å². The Bertz CT molecular complexity index is 72.2. The molecule has 1 aliphatic rings. The Labute approximate surface area is 44.4 Å². The summed E-state index contributed by atoms with van der Waals surface area (Å²) in [7, 11) is 0. The first-order valence-electron chi connectivity index (χ1n) is 2.83. The molecule has 0 bridgehead atoms. The van der Waals surface area contributed by atoms with E-state index in [0.29, 0.717) is 0 Å². The molecule has 0 aliphatic carbocycles. The molecule has 1 aliphatic heterocycles. The van der Waals surface area contributed by atoms with E-state index in [1.165, 1.54) is 6.54 Å². The lowest BCUT2D eigenvalue weighted by Crippen LogP contribution is -1.79. The minimum Gasteiger partial charge on any atom is -0.307 e. The Balaban J connectivity index is 2.05. The maximum Gasteiger partial charge on any atom is 0.0376 e. The molecule has 7 heavy (non-hydrogen) atoms. The van der Waals surface area contributed by atoms with Crippen LogP contribution in [0.2, 0.25) is 0 Å². The molecule has 40 valence electrons. The molecule has 1 fully saturated rings. The van der Waals surface area contributed by atoms with Gasteiger partial charge in [-0.15, -0.1) is 0 Å². The molecule has 0 aromatic rings. The Morgan fingerprint density at radius 1 is 1.86 bits per heavy atom. The number of hydrogen-bond acceptors (Lipinski definition) is 1. The Morgan fingerprint density at radius 3 is 3.00 bits per heavy atom.